The van der Waals surface area contributed by atoms with Crippen molar-refractivity contribution >= 4 is 17.2 Å². The lowest BCUT2D eigenvalue weighted by Gasteiger charge is -2.31. The van der Waals surface area contributed by atoms with Crippen molar-refractivity contribution in [2.75, 3.05) is 20.2 Å². The summed E-state index contributed by atoms with van der Waals surface area (Å²) < 4.78 is 5.34. The first-order chi connectivity index (χ1) is 13.7. The van der Waals surface area contributed by atoms with Crippen molar-refractivity contribution in [1.29, 1.82) is 0 Å². The first-order valence-electron chi connectivity index (χ1n) is 9.46. The number of thiophene rings is 1. The number of para-hydroxylation sites is 1. The number of benzene rings is 1. The highest BCUT2D eigenvalue weighted by Gasteiger charge is 2.27. The second-order valence-corrected chi connectivity index (χ2v) is 7.81. The van der Waals surface area contributed by atoms with Crippen molar-refractivity contribution in [3.05, 3.63) is 64.2 Å². The smallest absolute Gasteiger partial charge is 0.257 e. The maximum absolute atomic E-state index is 12.9. The summed E-state index contributed by atoms with van der Waals surface area (Å²) in [5, 5.41) is 4.18. The van der Waals surface area contributed by atoms with E-state index in [4.69, 9.17) is 14.7 Å². The van der Waals surface area contributed by atoms with E-state index < -0.39 is 0 Å². The van der Waals surface area contributed by atoms with Gasteiger partial charge in [-0.15, -0.1) is 0 Å². The first-order valence-corrected chi connectivity index (χ1v) is 10.4. The van der Waals surface area contributed by atoms with E-state index in [9.17, 15) is 4.79 Å². The summed E-state index contributed by atoms with van der Waals surface area (Å²) in [7, 11) is 1.60. The van der Waals surface area contributed by atoms with Gasteiger partial charge >= 0.3 is 0 Å². The minimum absolute atomic E-state index is 0.0278. The van der Waals surface area contributed by atoms with E-state index in [-0.39, 0.29) is 11.8 Å². The molecule has 1 aliphatic heterocycles. The van der Waals surface area contributed by atoms with E-state index in [0.29, 0.717) is 24.4 Å². The summed E-state index contributed by atoms with van der Waals surface area (Å²) in [6.07, 6.45) is 1.74. The van der Waals surface area contributed by atoms with Crippen LogP contribution in [0.2, 0.25) is 0 Å². The lowest BCUT2D eigenvalue weighted by Crippen LogP contribution is -2.38. The number of rotatable bonds is 4. The van der Waals surface area contributed by atoms with Crippen LogP contribution in [0.5, 0.6) is 5.75 Å². The van der Waals surface area contributed by atoms with Crippen molar-refractivity contribution < 1.29 is 9.53 Å². The molecule has 1 amide bonds. The second-order valence-electron chi connectivity index (χ2n) is 7.03. The van der Waals surface area contributed by atoms with Gasteiger partial charge in [-0.2, -0.15) is 11.3 Å². The number of ether oxygens (including phenoxy) is 1. The standard InChI is InChI=1S/C22H23N3O2S/c1-15-13-19(17-9-12-28-14-17)24-21(23-15)16-7-10-25(11-8-16)22(26)18-5-3-4-6-20(18)27-2/h3-6,9,12-14,16H,7-8,10-11H2,1-2H3. The molecule has 28 heavy (non-hydrogen) atoms. The van der Waals surface area contributed by atoms with Crippen LogP contribution in [0.4, 0.5) is 0 Å². The zero-order valence-corrected chi connectivity index (χ0v) is 16.9. The molecule has 0 radical (unpaired) electrons. The lowest BCUT2D eigenvalue weighted by molar-refractivity contribution is 0.0707. The van der Waals surface area contributed by atoms with Crippen molar-refractivity contribution in [3.63, 3.8) is 0 Å². The molecule has 0 saturated carbocycles. The highest BCUT2D eigenvalue weighted by atomic mass is 32.1. The van der Waals surface area contributed by atoms with Crippen LogP contribution >= 0.6 is 11.3 Å². The van der Waals surface area contributed by atoms with Gasteiger partial charge in [0.25, 0.3) is 5.91 Å². The number of hydrogen-bond donors (Lipinski definition) is 0. The number of aromatic nitrogens is 2. The Kier molecular flexibility index (Phi) is 5.39. The van der Waals surface area contributed by atoms with Gasteiger partial charge in [0.1, 0.15) is 11.6 Å². The maximum Gasteiger partial charge on any atom is 0.257 e. The molecule has 6 heteroatoms. The highest BCUT2D eigenvalue weighted by molar-refractivity contribution is 7.08. The number of nitrogens with zero attached hydrogens (tertiary/aromatic N) is 3. The Morgan fingerprint density at radius 2 is 1.96 bits per heavy atom. The summed E-state index contributed by atoms with van der Waals surface area (Å²) in [6.45, 7) is 3.42. The quantitative estimate of drug-likeness (QED) is 0.653. The van der Waals surface area contributed by atoms with E-state index in [1.54, 1.807) is 18.4 Å². The molecular weight excluding hydrogens is 370 g/mol. The average molecular weight is 394 g/mol. The number of aryl methyl sites for hydroxylation is 1. The van der Waals surface area contributed by atoms with E-state index in [2.05, 4.69) is 16.8 Å². The van der Waals surface area contributed by atoms with Gasteiger partial charge in [0, 0.05) is 35.6 Å². The lowest BCUT2D eigenvalue weighted by atomic mass is 9.95. The Morgan fingerprint density at radius 1 is 1.18 bits per heavy atom. The van der Waals surface area contributed by atoms with Crippen LogP contribution in [0.25, 0.3) is 11.3 Å². The summed E-state index contributed by atoms with van der Waals surface area (Å²) >= 11 is 1.67. The largest absolute Gasteiger partial charge is 0.496 e. The third-order valence-electron chi connectivity index (χ3n) is 5.17. The molecule has 0 atom stereocenters. The molecular formula is C22H23N3O2S. The van der Waals surface area contributed by atoms with Gasteiger partial charge in [0.05, 0.1) is 18.4 Å². The van der Waals surface area contributed by atoms with Crippen molar-refractivity contribution in [2.45, 2.75) is 25.7 Å². The molecule has 1 fully saturated rings. The number of piperidine rings is 1. The molecule has 1 aliphatic rings. The topological polar surface area (TPSA) is 55.3 Å². The molecule has 0 bridgehead atoms. The predicted octanol–water partition coefficient (Wildman–Crippen LogP) is 4.54. The van der Waals surface area contributed by atoms with E-state index in [1.807, 2.05) is 42.2 Å². The minimum atomic E-state index is 0.0278. The van der Waals surface area contributed by atoms with Gasteiger partial charge in [0.2, 0.25) is 0 Å². The number of methoxy groups -OCH3 is 1. The normalized spacial score (nSPS) is 14.9. The zero-order chi connectivity index (χ0) is 19.5. The fraction of sp³-hybridized carbons (Fsp3) is 0.318. The number of amides is 1. The van der Waals surface area contributed by atoms with E-state index in [0.717, 1.165) is 35.6 Å². The molecule has 5 nitrogen and oxygen atoms in total. The monoisotopic (exact) mass is 393 g/mol. The highest BCUT2D eigenvalue weighted by Crippen LogP contribution is 2.30. The second kappa shape index (κ2) is 8.10. The van der Waals surface area contributed by atoms with Gasteiger partial charge in [-0.3, -0.25) is 4.79 Å². The van der Waals surface area contributed by atoms with Crippen molar-refractivity contribution in [2.24, 2.45) is 0 Å². The molecule has 4 rings (SSSR count). The van der Waals surface area contributed by atoms with Crippen LogP contribution in [-0.2, 0) is 0 Å². The molecule has 3 heterocycles. The van der Waals surface area contributed by atoms with Gasteiger partial charge in [-0.25, -0.2) is 9.97 Å². The van der Waals surface area contributed by atoms with Gasteiger partial charge in [0.15, 0.2) is 0 Å². The van der Waals surface area contributed by atoms with Crippen LogP contribution in [0.3, 0.4) is 0 Å². The van der Waals surface area contributed by atoms with Crippen molar-refractivity contribution in [3.8, 4) is 17.0 Å². The van der Waals surface area contributed by atoms with Gasteiger partial charge in [-0.1, -0.05) is 12.1 Å². The molecule has 0 N–H and O–H groups in total. The number of carbonyl (C=O) groups excluding carboxylic acids is 1. The average Bonchev–Trinajstić information content (AvgIpc) is 3.28. The molecule has 0 unspecified atom stereocenters. The molecule has 1 aromatic carbocycles. The SMILES string of the molecule is COc1ccccc1C(=O)N1CCC(c2nc(C)cc(-c3ccsc3)n2)CC1. The Labute approximate surface area is 169 Å². The van der Waals surface area contributed by atoms with Crippen LogP contribution in [0, 0.1) is 6.92 Å². The number of hydrogen-bond acceptors (Lipinski definition) is 5. The summed E-state index contributed by atoms with van der Waals surface area (Å²) in [5.74, 6) is 1.82. The maximum atomic E-state index is 12.9. The fourth-order valence-electron chi connectivity index (χ4n) is 3.66. The van der Waals surface area contributed by atoms with Crippen LogP contribution < -0.4 is 4.74 Å². The van der Waals surface area contributed by atoms with Crippen LogP contribution in [-0.4, -0.2) is 41.0 Å². The molecule has 2 aromatic heterocycles. The summed E-state index contributed by atoms with van der Waals surface area (Å²) in [4.78, 5) is 24.3. The van der Waals surface area contributed by atoms with E-state index >= 15 is 0 Å². The summed E-state index contributed by atoms with van der Waals surface area (Å²) in [6, 6.07) is 11.5. The Hall–Kier alpha value is -2.73. The van der Waals surface area contributed by atoms with Crippen LogP contribution in [0.1, 0.15) is 40.6 Å². The zero-order valence-electron chi connectivity index (χ0n) is 16.1. The van der Waals surface area contributed by atoms with Crippen LogP contribution in [0.15, 0.2) is 47.2 Å². The third kappa shape index (κ3) is 3.78. The molecule has 3 aromatic rings. The number of likely N-dealkylation sites (tertiary alicyclic amines) is 1. The number of carbonyl (C=O) groups is 1. The Morgan fingerprint density at radius 3 is 2.68 bits per heavy atom. The minimum Gasteiger partial charge on any atom is -0.496 e. The summed E-state index contributed by atoms with van der Waals surface area (Å²) in [5.41, 5.74) is 3.73. The first kappa shape index (κ1) is 18.6. The van der Waals surface area contributed by atoms with Crippen molar-refractivity contribution in [1.82, 2.24) is 14.9 Å². The molecule has 0 aliphatic carbocycles. The Balaban J connectivity index is 1.48. The molecule has 144 valence electrons. The predicted molar refractivity (Wildman–Crippen MR) is 111 cm³/mol. The third-order valence-corrected chi connectivity index (χ3v) is 5.86. The molecule has 1 saturated heterocycles. The fourth-order valence-corrected chi connectivity index (χ4v) is 4.31. The van der Waals surface area contributed by atoms with Gasteiger partial charge < -0.3 is 9.64 Å². The Bertz CT molecular complexity index is 964. The molecule has 0 spiro atoms. The van der Waals surface area contributed by atoms with E-state index in [1.165, 1.54) is 0 Å². The van der Waals surface area contributed by atoms with Gasteiger partial charge in [-0.05, 0) is 49.4 Å².